The molecule has 1 aromatic rings. The second-order valence-corrected chi connectivity index (χ2v) is 5.21. The number of rotatable bonds is 3. The lowest BCUT2D eigenvalue weighted by molar-refractivity contribution is 0.228. The van der Waals surface area contributed by atoms with Crippen molar-refractivity contribution in [1.82, 2.24) is 15.2 Å². The first-order valence-electron chi connectivity index (χ1n) is 6.34. The number of hydrogen-bond acceptors (Lipinski definition) is 3. The van der Waals surface area contributed by atoms with E-state index in [1.165, 1.54) is 12.8 Å². The fourth-order valence-electron chi connectivity index (χ4n) is 2.66. The summed E-state index contributed by atoms with van der Waals surface area (Å²) < 4.78 is 0. The summed E-state index contributed by atoms with van der Waals surface area (Å²) in [6, 6.07) is 0. The minimum atomic E-state index is -0.292. The molecule has 1 aromatic heterocycles. The van der Waals surface area contributed by atoms with Crippen LogP contribution in [-0.2, 0) is 12.0 Å². The average molecular weight is 222 g/mol. The SMILES string of the molecule is CCCc1nc(C2(N)CCCC(C)C2)n[nH]1. The highest BCUT2D eigenvalue weighted by molar-refractivity contribution is 5.07. The van der Waals surface area contributed by atoms with Gasteiger partial charge in [0.05, 0.1) is 5.54 Å². The molecule has 2 atom stereocenters. The summed E-state index contributed by atoms with van der Waals surface area (Å²) in [5.74, 6) is 2.48. The highest BCUT2D eigenvalue weighted by Gasteiger charge is 2.36. The largest absolute Gasteiger partial charge is 0.319 e. The van der Waals surface area contributed by atoms with Gasteiger partial charge in [0.2, 0.25) is 0 Å². The van der Waals surface area contributed by atoms with E-state index in [1.807, 2.05) is 0 Å². The molecule has 1 aliphatic rings. The Bertz CT molecular complexity index is 347. The molecule has 0 amide bonds. The molecule has 2 rings (SSSR count). The Balaban J connectivity index is 2.14. The third kappa shape index (κ3) is 2.26. The fourth-order valence-corrected chi connectivity index (χ4v) is 2.66. The molecule has 0 radical (unpaired) electrons. The first kappa shape index (κ1) is 11.6. The maximum Gasteiger partial charge on any atom is 0.170 e. The van der Waals surface area contributed by atoms with Crippen LogP contribution in [0.1, 0.15) is 57.6 Å². The Morgan fingerprint density at radius 3 is 3.06 bits per heavy atom. The van der Waals surface area contributed by atoms with Crippen LogP contribution in [0.15, 0.2) is 0 Å². The Hall–Kier alpha value is -0.900. The summed E-state index contributed by atoms with van der Waals surface area (Å²) in [5, 5.41) is 7.31. The highest BCUT2D eigenvalue weighted by atomic mass is 15.2. The van der Waals surface area contributed by atoms with Crippen LogP contribution in [-0.4, -0.2) is 15.2 Å². The van der Waals surface area contributed by atoms with Crippen molar-refractivity contribution in [3.8, 4) is 0 Å². The minimum absolute atomic E-state index is 0.292. The monoisotopic (exact) mass is 222 g/mol. The van der Waals surface area contributed by atoms with Gasteiger partial charge < -0.3 is 5.73 Å². The highest BCUT2D eigenvalue weighted by Crippen LogP contribution is 2.36. The molecular formula is C12H22N4. The molecule has 0 aromatic carbocycles. The predicted molar refractivity (Wildman–Crippen MR) is 63.9 cm³/mol. The van der Waals surface area contributed by atoms with Crippen molar-refractivity contribution < 1.29 is 0 Å². The number of nitrogens with two attached hydrogens (primary N) is 1. The van der Waals surface area contributed by atoms with Gasteiger partial charge in [-0.05, 0) is 25.2 Å². The van der Waals surface area contributed by atoms with Gasteiger partial charge in [0.15, 0.2) is 5.82 Å². The average Bonchev–Trinajstić information content (AvgIpc) is 2.67. The summed E-state index contributed by atoms with van der Waals surface area (Å²) in [4.78, 5) is 4.54. The molecule has 1 fully saturated rings. The van der Waals surface area contributed by atoms with Gasteiger partial charge in [0.25, 0.3) is 0 Å². The number of hydrogen-bond donors (Lipinski definition) is 2. The molecule has 0 saturated heterocycles. The number of nitrogens with one attached hydrogen (secondary N) is 1. The molecule has 1 heterocycles. The third-order valence-corrected chi connectivity index (χ3v) is 3.50. The summed E-state index contributed by atoms with van der Waals surface area (Å²) in [6.45, 7) is 4.41. The predicted octanol–water partition coefficient (Wildman–Crippen LogP) is 2.12. The van der Waals surface area contributed by atoms with E-state index in [4.69, 9.17) is 5.73 Å². The second kappa shape index (κ2) is 4.53. The standard InChI is InChI=1S/C12H22N4/c1-3-5-10-14-11(16-15-10)12(13)7-4-6-9(2)8-12/h9H,3-8,13H2,1-2H3,(H,14,15,16). The molecule has 0 aliphatic heterocycles. The normalized spacial score (nSPS) is 30.6. The number of aryl methyl sites for hydroxylation is 1. The molecule has 1 aliphatic carbocycles. The van der Waals surface area contributed by atoms with Crippen LogP contribution in [0.25, 0.3) is 0 Å². The number of aromatic amines is 1. The van der Waals surface area contributed by atoms with Gasteiger partial charge in [0, 0.05) is 6.42 Å². The topological polar surface area (TPSA) is 67.6 Å². The Labute approximate surface area is 97.0 Å². The van der Waals surface area contributed by atoms with E-state index in [-0.39, 0.29) is 5.54 Å². The summed E-state index contributed by atoms with van der Waals surface area (Å²) in [6.07, 6.45) is 6.54. The zero-order valence-corrected chi connectivity index (χ0v) is 10.3. The summed E-state index contributed by atoms with van der Waals surface area (Å²) in [5.41, 5.74) is 6.14. The molecule has 3 N–H and O–H groups in total. The molecule has 0 bridgehead atoms. The van der Waals surface area contributed by atoms with Gasteiger partial charge in [-0.25, -0.2) is 4.98 Å². The van der Waals surface area contributed by atoms with Gasteiger partial charge in [0.1, 0.15) is 5.82 Å². The first-order chi connectivity index (χ1) is 7.64. The van der Waals surface area contributed by atoms with Crippen molar-refractivity contribution in [3.63, 3.8) is 0 Å². The van der Waals surface area contributed by atoms with Crippen LogP contribution < -0.4 is 5.73 Å². The van der Waals surface area contributed by atoms with Crippen molar-refractivity contribution in [1.29, 1.82) is 0 Å². The number of aromatic nitrogens is 3. The van der Waals surface area contributed by atoms with Crippen LogP contribution in [0.3, 0.4) is 0 Å². The number of H-pyrrole nitrogens is 1. The van der Waals surface area contributed by atoms with Crippen molar-refractivity contribution >= 4 is 0 Å². The lowest BCUT2D eigenvalue weighted by atomic mass is 9.76. The minimum Gasteiger partial charge on any atom is -0.319 e. The molecule has 16 heavy (non-hydrogen) atoms. The fraction of sp³-hybridized carbons (Fsp3) is 0.833. The Morgan fingerprint density at radius 1 is 1.56 bits per heavy atom. The Morgan fingerprint density at radius 2 is 2.38 bits per heavy atom. The zero-order valence-electron chi connectivity index (χ0n) is 10.3. The third-order valence-electron chi connectivity index (χ3n) is 3.50. The van der Waals surface area contributed by atoms with Crippen molar-refractivity contribution in [2.75, 3.05) is 0 Å². The van der Waals surface area contributed by atoms with Crippen LogP contribution in [0.2, 0.25) is 0 Å². The lowest BCUT2D eigenvalue weighted by Gasteiger charge is -2.34. The molecule has 4 nitrogen and oxygen atoms in total. The van der Waals surface area contributed by atoms with Gasteiger partial charge in [-0.2, -0.15) is 5.10 Å². The Kier molecular flexibility index (Phi) is 3.28. The van der Waals surface area contributed by atoms with E-state index < -0.39 is 0 Å². The van der Waals surface area contributed by atoms with Gasteiger partial charge in [-0.1, -0.05) is 26.7 Å². The molecule has 2 unspecified atom stereocenters. The first-order valence-corrected chi connectivity index (χ1v) is 6.34. The van der Waals surface area contributed by atoms with Crippen LogP contribution in [0, 0.1) is 5.92 Å². The molecule has 0 spiro atoms. The maximum atomic E-state index is 6.44. The summed E-state index contributed by atoms with van der Waals surface area (Å²) in [7, 11) is 0. The van der Waals surface area contributed by atoms with E-state index in [2.05, 4.69) is 29.0 Å². The van der Waals surface area contributed by atoms with Gasteiger partial charge >= 0.3 is 0 Å². The van der Waals surface area contributed by atoms with E-state index in [0.29, 0.717) is 5.92 Å². The molecule has 4 heteroatoms. The summed E-state index contributed by atoms with van der Waals surface area (Å²) >= 11 is 0. The zero-order chi connectivity index (χ0) is 11.6. The van der Waals surface area contributed by atoms with Crippen molar-refractivity contribution in [3.05, 3.63) is 11.6 Å². The maximum absolute atomic E-state index is 6.44. The quantitative estimate of drug-likeness (QED) is 0.823. The van der Waals surface area contributed by atoms with Gasteiger partial charge in [-0.3, -0.25) is 5.10 Å². The van der Waals surface area contributed by atoms with Crippen molar-refractivity contribution in [2.24, 2.45) is 11.7 Å². The van der Waals surface area contributed by atoms with E-state index >= 15 is 0 Å². The van der Waals surface area contributed by atoms with Crippen LogP contribution >= 0.6 is 0 Å². The van der Waals surface area contributed by atoms with Crippen LogP contribution in [0.5, 0.6) is 0 Å². The van der Waals surface area contributed by atoms with E-state index in [1.54, 1.807) is 0 Å². The molecule has 1 saturated carbocycles. The molecular weight excluding hydrogens is 200 g/mol. The van der Waals surface area contributed by atoms with Crippen molar-refractivity contribution in [2.45, 2.75) is 57.9 Å². The second-order valence-electron chi connectivity index (χ2n) is 5.21. The van der Waals surface area contributed by atoms with E-state index in [0.717, 1.165) is 37.3 Å². The van der Waals surface area contributed by atoms with Crippen LogP contribution in [0.4, 0.5) is 0 Å². The molecule has 90 valence electrons. The number of nitrogens with zero attached hydrogens (tertiary/aromatic N) is 2. The lowest BCUT2D eigenvalue weighted by Crippen LogP contribution is -2.42. The van der Waals surface area contributed by atoms with Gasteiger partial charge in [-0.15, -0.1) is 0 Å². The van der Waals surface area contributed by atoms with E-state index in [9.17, 15) is 0 Å². The smallest absolute Gasteiger partial charge is 0.170 e.